The van der Waals surface area contributed by atoms with Crippen LogP contribution in [0.3, 0.4) is 0 Å². The fourth-order valence-corrected chi connectivity index (χ4v) is 3.45. The maximum atomic E-state index is 13.0. The van der Waals surface area contributed by atoms with Gasteiger partial charge in [0, 0.05) is 21.4 Å². The van der Waals surface area contributed by atoms with Crippen molar-refractivity contribution < 1.29 is 23.5 Å². The van der Waals surface area contributed by atoms with Gasteiger partial charge in [0.2, 0.25) is 0 Å². The summed E-state index contributed by atoms with van der Waals surface area (Å²) < 4.78 is 19.3. The molecule has 0 unspecified atom stereocenters. The third kappa shape index (κ3) is 8.04. The predicted molar refractivity (Wildman–Crippen MR) is 135 cm³/mol. The summed E-state index contributed by atoms with van der Waals surface area (Å²) in [6.45, 7) is 3.64. The van der Waals surface area contributed by atoms with E-state index < -0.39 is 17.6 Å². The van der Waals surface area contributed by atoms with E-state index in [1.807, 2.05) is 32.0 Å². The van der Waals surface area contributed by atoms with Crippen LogP contribution < -0.4 is 20.8 Å². The minimum atomic E-state index is -1.02. The van der Waals surface area contributed by atoms with Gasteiger partial charge < -0.3 is 15.4 Å². The fraction of sp³-hybridized carbons (Fsp3) is 0.120. The van der Waals surface area contributed by atoms with Gasteiger partial charge in [0.15, 0.2) is 6.61 Å². The minimum Gasteiger partial charge on any atom is -0.483 e. The number of rotatable bonds is 7. The number of hydrogen-bond donors (Lipinski definition) is 3. The number of anilines is 2. The van der Waals surface area contributed by atoms with Crippen molar-refractivity contribution >= 4 is 51.2 Å². The number of ether oxygens (including phenoxy) is 1. The molecular weight excluding hydrogens is 519 g/mol. The summed E-state index contributed by atoms with van der Waals surface area (Å²) in [5, 5.41) is 8.91. The Balaban J connectivity index is 1.58. The average Bonchev–Trinajstić information content (AvgIpc) is 2.79. The maximum Gasteiger partial charge on any atom is 0.329 e. The maximum absolute atomic E-state index is 13.0. The van der Waals surface area contributed by atoms with E-state index in [0.717, 1.165) is 23.3 Å². The van der Waals surface area contributed by atoms with Crippen LogP contribution in [0.2, 0.25) is 0 Å². The predicted octanol–water partition coefficient (Wildman–Crippen LogP) is 4.31. The molecular formula is C25H22BrFN4O4. The molecule has 0 radical (unpaired) electrons. The molecule has 0 spiro atoms. The van der Waals surface area contributed by atoms with E-state index in [4.69, 9.17) is 4.74 Å². The Morgan fingerprint density at radius 3 is 2.29 bits per heavy atom. The van der Waals surface area contributed by atoms with E-state index in [1.54, 1.807) is 18.2 Å². The highest BCUT2D eigenvalue weighted by molar-refractivity contribution is 9.10. The van der Waals surface area contributed by atoms with E-state index >= 15 is 0 Å². The van der Waals surface area contributed by atoms with Crippen molar-refractivity contribution in [1.29, 1.82) is 0 Å². The highest BCUT2D eigenvalue weighted by Gasteiger charge is 2.13. The Hall–Kier alpha value is -4.05. The lowest BCUT2D eigenvalue weighted by Crippen LogP contribution is -2.32. The zero-order valence-corrected chi connectivity index (χ0v) is 20.5. The minimum absolute atomic E-state index is 0.248. The molecule has 35 heavy (non-hydrogen) atoms. The molecule has 8 nitrogen and oxygen atoms in total. The summed E-state index contributed by atoms with van der Waals surface area (Å²) in [5.41, 5.74) is 5.56. The molecule has 0 bridgehead atoms. The molecule has 3 N–H and O–H groups in total. The SMILES string of the molecule is Cc1cc(C)cc(NC(=O)COc2ccc(Br)cc2/C=N\NC(=O)C(=O)Nc2ccc(F)cc2)c1. The fourth-order valence-electron chi connectivity index (χ4n) is 3.07. The van der Waals surface area contributed by atoms with Gasteiger partial charge in [-0.1, -0.05) is 22.0 Å². The lowest BCUT2D eigenvalue weighted by Gasteiger charge is -2.11. The van der Waals surface area contributed by atoms with Crippen molar-refractivity contribution in [3.05, 3.63) is 87.6 Å². The molecule has 0 aliphatic heterocycles. The summed E-state index contributed by atoms with van der Waals surface area (Å²) in [5.74, 6) is -2.45. The zero-order chi connectivity index (χ0) is 25.4. The van der Waals surface area contributed by atoms with Crippen LogP contribution in [0.5, 0.6) is 5.75 Å². The topological polar surface area (TPSA) is 109 Å². The highest BCUT2D eigenvalue weighted by Crippen LogP contribution is 2.22. The summed E-state index contributed by atoms with van der Waals surface area (Å²) in [6.07, 6.45) is 1.28. The molecule has 0 atom stereocenters. The Morgan fingerprint density at radius 2 is 1.60 bits per heavy atom. The number of nitrogens with one attached hydrogen (secondary N) is 3. The van der Waals surface area contributed by atoms with E-state index in [1.165, 1.54) is 18.3 Å². The molecule has 0 aliphatic rings. The van der Waals surface area contributed by atoms with Crippen molar-refractivity contribution in [3.63, 3.8) is 0 Å². The van der Waals surface area contributed by atoms with Crippen LogP contribution >= 0.6 is 15.9 Å². The van der Waals surface area contributed by atoms with Gasteiger partial charge in [-0.3, -0.25) is 14.4 Å². The molecule has 3 rings (SSSR count). The zero-order valence-electron chi connectivity index (χ0n) is 18.9. The van der Waals surface area contributed by atoms with E-state index in [-0.39, 0.29) is 18.2 Å². The molecule has 0 aliphatic carbocycles. The monoisotopic (exact) mass is 540 g/mol. The van der Waals surface area contributed by atoms with Gasteiger partial charge in [0.1, 0.15) is 11.6 Å². The number of carbonyl (C=O) groups is 3. The highest BCUT2D eigenvalue weighted by atomic mass is 79.9. The van der Waals surface area contributed by atoms with Crippen LogP contribution in [-0.2, 0) is 14.4 Å². The smallest absolute Gasteiger partial charge is 0.329 e. The third-order valence-electron chi connectivity index (χ3n) is 4.51. The summed E-state index contributed by atoms with van der Waals surface area (Å²) >= 11 is 3.35. The third-order valence-corrected chi connectivity index (χ3v) is 5.01. The van der Waals surface area contributed by atoms with Crippen LogP contribution in [0.4, 0.5) is 15.8 Å². The van der Waals surface area contributed by atoms with Gasteiger partial charge in [0.25, 0.3) is 5.91 Å². The second kappa shape index (κ2) is 11.9. The average molecular weight is 541 g/mol. The van der Waals surface area contributed by atoms with Gasteiger partial charge in [0.05, 0.1) is 6.21 Å². The van der Waals surface area contributed by atoms with Crippen molar-refractivity contribution in [3.8, 4) is 5.75 Å². The number of benzene rings is 3. The lowest BCUT2D eigenvalue weighted by atomic mass is 10.1. The largest absolute Gasteiger partial charge is 0.483 e. The Labute approximate surface area is 209 Å². The number of hydrogen-bond acceptors (Lipinski definition) is 5. The second-order valence-electron chi connectivity index (χ2n) is 7.56. The van der Waals surface area contributed by atoms with Crippen molar-refractivity contribution in [2.45, 2.75) is 13.8 Å². The van der Waals surface area contributed by atoms with E-state index in [0.29, 0.717) is 21.5 Å². The number of carbonyl (C=O) groups excluding carboxylic acids is 3. The molecule has 3 aromatic rings. The van der Waals surface area contributed by atoms with Gasteiger partial charge >= 0.3 is 11.8 Å². The number of halogens is 2. The van der Waals surface area contributed by atoms with Crippen LogP contribution in [-0.4, -0.2) is 30.5 Å². The Morgan fingerprint density at radius 1 is 0.914 bits per heavy atom. The first-order chi connectivity index (χ1) is 16.7. The van der Waals surface area contributed by atoms with E-state index in [9.17, 15) is 18.8 Å². The molecule has 180 valence electrons. The normalized spacial score (nSPS) is 10.6. The molecule has 0 heterocycles. The second-order valence-corrected chi connectivity index (χ2v) is 8.47. The standard InChI is InChI=1S/C25H22BrFN4O4/c1-15-9-16(2)11-21(10-15)29-23(32)14-35-22-8-3-18(26)12-17(22)13-28-31-25(34)24(33)30-20-6-4-19(27)5-7-20/h3-13H,14H2,1-2H3,(H,29,32)(H,30,33)(H,31,34)/b28-13-. The van der Waals surface area contributed by atoms with Crippen molar-refractivity contribution in [2.24, 2.45) is 5.10 Å². The number of amides is 3. The summed E-state index contributed by atoms with van der Waals surface area (Å²) in [7, 11) is 0. The van der Waals surface area contributed by atoms with Crippen LogP contribution in [0.15, 0.2) is 70.2 Å². The lowest BCUT2D eigenvalue weighted by molar-refractivity contribution is -0.136. The van der Waals surface area contributed by atoms with Crippen LogP contribution in [0.25, 0.3) is 0 Å². The van der Waals surface area contributed by atoms with Crippen LogP contribution in [0.1, 0.15) is 16.7 Å². The molecule has 10 heteroatoms. The first-order valence-electron chi connectivity index (χ1n) is 10.4. The van der Waals surface area contributed by atoms with Crippen LogP contribution in [0, 0.1) is 19.7 Å². The first kappa shape index (κ1) is 25.6. The van der Waals surface area contributed by atoms with Gasteiger partial charge in [-0.2, -0.15) is 5.10 Å². The van der Waals surface area contributed by atoms with Crippen molar-refractivity contribution in [2.75, 3.05) is 17.2 Å². The Kier molecular flexibility index (Phi) is 8.69. The molecule has 0 aromatic heterocycles. The number of hydrazone groups is 1. The molecule has 3 aromatic carbocycles. The number of nitrogens with zero attached hydrogens (tertiary/aromatic N) is 1. The molecule has 0 fully saturated rings. The Bertz CT molecular complexity index is 1260. The number of aryl methyl sites for hydroxylation is 2. The quantitative estimate of drug-likeness (QED) is 0.235. The summed E-state index contributed by atoms with van der Waals surface area (Å²) in [4.78, 5) is 36.3. The molecule has 0 saturated carbocycles. The first-order valence-corrected chi connectivity index (χ1v) is 11.2. The summed E-state index contributed by atoms with van der Waals surface area (Å²) in [6, 6.07) is 15.7. The van der Waals surface area contributed by atoms with Crippen molar-refractivity contribution in [1.82, 2.24) is 5.43 Å². The molecule has 3 amide bonds. The van der Waals surface area contributed by atoms with Gasteiger partial charge in [-0.15, -0.1) is 0 Å². The molecule has 0 saturated heterocycles. The van der Waals surface area contributed by atoms with Gasteiger partial charge in [-0.05, 0) is 79.6 Å². The van der Waals surface area contributed by atoms with Gasteiger partial charge in [-0.25, -0.2) is 9.82 Å². The van der Waals surface area contributed by atoms with E-state index in [2.05, 4.69) is 37.1 Å².